The van der Waals surface area contributed by atoms with E-state index in [1.807, 2.05) is 13.0 Å². The summed E-state index contributed by atoms with van der Waals surface area (Å²) in [4.78, 5) is 9.87. The van der Waals surface area contributed by atoms with E-state index in [4.69, 9.17) is 5.11 Å². The highest BCUT2D eigenvalue weighted by molar-refractivity contribution is 5.69. The molecule has 3 nitrogen and oxygen atoms in total. The minimum Gasteiger partial charge on any atom is -0.480 e. The molecule has 0 unspecified atom stereocenters. The van der Waals surface area contributed by atoms with Crippen LogP contribution in [-0.2, 0) is 4.79 Å². The van der Waals surface area contributed by atoms with Crippen molar-refractivity contribution in [2.24, 2.45) is 0 Å². The van der Waals surface area contributed by atoms with E-state index in [1.54, 1.807) is 6.20 Å². The summed E-state index contributed by atoms with van der Waals surface area (Å²) in [5, 5.41) is 10.7. The molecule has 9 heavy (non-hydrogen) atoms. The maximum Gasteiger partial charge on any atom is 0.322 e. The third kappa shape index (κ3) is 7.01. The predicted octanol–water partition coefficient (Wildman–Crippen LogP) is 0.584. The van der Waals surface area contributed by atoms with Gasteiger partial charge in [-0.15, -0.1) is 0 Å². The van der Waals surface area contributed by atoms with Gasteiger partial charge in [0.1, 0.15) is 6.54 Å². The van der Waals surface area contributed by atoms with Crippen LogP contribution in [0.3, 0.4) is 0 Å². The Hall–Kier alpha value is -0.990. The minimum atomic E-state index is -0.837. The van der Waals surface area contributed by atoms with Crippen LogP contribution in [0, 0.1) is 0 Å². The first kappa shape index (κ1) is 8.01. The Labute approximate surface area is 54.4 Å². The lowest BCUT2D eigenvalue weighted by Crippen LogP contribution is -2.16. The van der Waals surface area contributed by atoms with Gasteiger partial charge in [0.25, 0.3) is 0 Å². The molecule has 0 atom stereocenters. The molecule has 0 spiro atoms. The van der Waals surface area contributed by atoms with Gasteiger partial charge in [-0.05, 0) is 12.6 Å². The van der Waals surface area contributed by atoms with Crippen LogP contribution in [-0.4, -0.2) is 17.6 Å². The molecule has 0 amide bonds. The van der Waals surface area contributed by atoms with Gasteiger partial charge in [0.2, 0.25) is 0 Å². The van der Waals surface area contributed by atoms with Gasteiger partial charge in [0, 0.05) is 0 Å². The first-order valence-electron chi connectivity index (χ1n) is 2.87. The maximum absolute atomic E-state index is 9.87. The number of carbonyl (C=O) groups is 1. The van der Waals surface area contributed by atoms with Crippen molar-refractivity contribution in [3.63, 3.8) is 0 Å². The minimum absolute atomic E-state index is 0.00347. The van der Waals surface area contributed by atoms with Crippen molar-refractivity contribution in [1.82, 2.24) is 5.32 Å². The molecule has 0 radical (unpaired) electrons. The van der Waals surface area contributed by atoms with Crippen molar-refractivity contribution in [2.45, 2.75) is 13.3 Å². The van der Waals surface area contributed by atoms with Crippen LogP contribution < -0.4 is 5.32 Å². The second kappa shape index (κ2) is 5.15. The van der Waals surface area contributed by atoms with Gasteiger partial charge < -0.3 is 10.4 Å². The molecule has 3 heteroatoms. The van der Waals surface area contributed by atoms with E-state index in [2.05, 4.69) is 5.32 Å². The van der Waals surface area contributed by atoms with E-state index in [0.29, 0.717) is 0 Å². The number of carboxylic acids is 1. The van der Waals surface area contributed by atoms with Gasteiger partial charge in [-0.25, -0.2) is 0 Å². The maximum atomic E-state index is 9.87. The average Bonchev–Trinajstić information content (AvgIpc) is 1.80. The Morgan fingerprint density at radius 2 is 2.44 bits per heavy atom. The Balaban J connectivity index is 3.09. The lowest BCUT2D eigenvalue weighted by Gasteiger charge is -1.91. The number of hydrogen-bond donors (Lipinski definition) is 2. The lowest BCUT2D eigenvalue weighted by molar-refractivity contribution is -0.135. The molecule has 0 aliphatic heterocycles. The Bertz CT molecular complexity index is 110. The molecule has 0 saturated heterocycles. The molecule has 0 heterocycles. The van der Waals surface area contributed by atoms with E-state index in [1.165, 1.54) is 0 Å². The fraction of sp³-hybridized carbons (Fsp3) is 0.500. The molecular weight excluding hydrogens is 118 g/mol. The second-order valence-corrected chi connectivity index (χ2v) is 1.59. The Morgan fingerprint density at radius 1 is 1.78 bits per heavy atom. The Kier molecular flexibility index (Phi) is 4.59. The van der Waals surface area contributed by atoms with Crippen LogP contribution in [0.25, 0.3) is 0 Å². The molecule has 0 bridgehead atoms. The standard InChI is InChI=1S/C6H11NO2/c1-2-3-4-7-5-6(8)9/h3-4,7H,2,5H2,1H3,(H,8,9)/b4-3-. The zero-order valence-electron chi connectivity index (χ0n) is 5.42. The Morgan fingerprint density at radius 3 is 2.89 bits per heavy atom. The number of hydrogen-bond acceptors (Lipinski definition) is 2. The topological polar surface area (TPSA) is 49.3 Å². The highest BCUT2D eigenvalue weighted by atomic mass is 16.4. The van der Waals surface area contributed by atoms with Crippen molar-refractivity contribution in [3.8, 4) is 0 Å². The van der Waals surface area contributed by atoms with Crippen LogP contribution in [0.15, 0.2) is 12.3 Å². The average molecular weight is 129 g/mol. The zero-order chi connectivity index (χ0) is 7.11. The molecule has 0 fully saturated rings. The molecule has 0 aromatic heterocycles. The molecule has 0 aromatic carbocycles. The third-order valence-corrected chi connectivity index (χ3v) is 0.725. The summed E-state index contributed by atoms with van der Waals surface area (Å²) in [6.07, 6.45) is 4.43. The largest absolute Gasteiger partial charge is 0.480 e. The van der Waals surface area contributed by atoms with E-state index in [9.17, 15) is 4.79 Å². The molecule has 0 aromatic rings. The van der Waals surface area contributed by atoms with Gasteiger partial charge in [0.05, 0.1) is 0 Å². The highest BCUT2D eigenvalue weighted by Crippen LogP contribution is 1.74. The number of carboxylic acid groups (broad SMARTS) is 1. The normalized spacial score (nSPS) is 9.89. The first-order chi connectivity index (χ1) is 4.27. The van der Waals surface area contributed by atoms with Gasteiger partial charge >= 0.3 is 5.97 Å². The molecule has 0 aliphatic rings. The summed E-state index contributed by atoms with van der Waals surface area (Å²) >= 11 is 0. The monoisotopic (exact) mass is 129 g/mol. The van der Waals surface area contributed by atoms with Gasteiger partial charge in [-0.1, -0.05) is 13.0 Å². The molecule has 2 N–H and O–H groups in total. The highest BCUT2D eigenvalue weighted by Gasteiger charge is 1.88. The number of allylic oxidation sites excluding steroid dienone is 1. The van der Waals surface area contributed by atoms with E-state index >= 15 is 0 Å². The van der Waals surface area contributed by atoms with Crippen LogP contribution in [0.2, 0.25) is 0 Å². The summed E-state index contributed by atoms with van der Waals surface area (Å²) in [6.45, 7) is 1.98. The summed E-state index contributed by atoms with van der Waals surface area (Å²) in [5.41, 5.74) is 0. The van der Waals surface area contributed by atoms with E-state index in [0.717, 1.165) is 6.42 Å². The SMILES string of the molecule is CC/C=C\NCC(=O)O. The molecular formula is C6H11NO2. The number of nitrogens with one attached hydrogen (secondary N) is 1. The quantitative estimate of drug-likeness (QED) is 0.584. The molecule has 52 valence electrons. The summed E-state index contributed by atoms with van der Waals surface area (Å²) < 4.78 is 0. The number of rotatable bonds is 4. The fourth-order valence-electron chi connectivity index (χ4n) is 0.347. The van der Waals surface area contributed by atoms with Crippen molar-refractivity contribution in [3.05, 3.63) is 12.3 Å². The van der Waals surface area contributed by atoms with Crippen molar-refractivity contribution in [1.29, 1.82) is 0 Å². The van der Waals surface area contributed by atoms with Crippen LogP contribution in [0.5, 0.6) is 0 Å². The van der Waals surface area contributed by atoms with Gasteiger partial charge in [-0.3, -0.25) is 4.79 Å². The predicted molar refractivity (Wildman–Crippen MR) is 35.1 cm³/mol. The van der Waals surface area contributed by atoms with Gasteiger partial charge in [0.15, 0.2) is 0 Å². The van der Waals surface area contributed by atoms with E-state index < -0.39 is 5.97 Å². The van der Waals surface area contributed by atoms with Crippen molar-refractivity contribution < 1.29 is 9.90 Å². The second-order valence-electron chi connectivity index (χ2n) is 1.59. The molecule has 0 saturated carbocycles. The fourth-order valence-corrected chi connectivity index (χ4v) is 0.347. The van der Waals surface area contributed by atoms with Crippen molar-refractivity contribution in [2.75, 3.05) is 6.54 Å². The lowest BCUT2D eigenvalue weighted by atomic mass is 10.5. The van der Waals surface area contributed by atoms with Crippen LogP contribution in [0.1, 0.15) is 13.3 Å². The third-order valence-electron chi connectivity index (χ3n) is 0.725. The van der Waals surface area contributed by atoms with Crippen molar-refractivity contribution >= 4 is 5.97 Å². The summed E-state index contributed by atoms with van der Waals surface area (Å²) in [5.74, 6) is -0.837. The van der Waals surface area contributed by atoms with Gasteiger partial charge in [-0.2, -0.15) is 0 Å². The van der Waals surface area contributed by atoms with Crippen LogP contribution in [0.4, 0.5) is 0 Å². The first-order valence-corrected chi connectivity index (χ1v) is 2.87. The zero-order valence-corrected chi connectivity index (χ0v) is 5.42. The number of aliphatic carboxylic acids is 1. The summed E-state index contributed by atoms with van der Waals surface area (Å²) in [6, 6.07) is 0. The van der Waals surface area contributed by atoms with E-state index in [-0.39, 0.29) is 6.54 Å². The summed E-state index contributed by atoms with van der Waals surface area (Å²) in [7, 11) is 0. The van der Waals surface area contributed by atoms with Crippen LogP contribution >= 0.6 is 0 Å². The molecule has 0 aliphatic carbocycles. The molecule has 0 rings (SSSR count). The smallest absolute Gasteiger partial charge is 0.322 e.